The molecule has 2 rings (SSSR count). The molecular formula is C13H9FN2. The SMILES string of the molecule is N#Cc1ccc(F)cc1-c1cccc(N)c1. The molecule has 2 nitrogen and oxygen atoms in total. The number of benzene rings is 2. The average Bonchev–Trinajstić information content (AvgIpc) is 2.29. The van der Waals surface area contributed by atoms with Crippen molar-refractivity contribution in [2.45, 2.75) is 0 Å². The number of hydrogen-bond acceptors (Lipinski definition) is 2. The van der Waals surface area contributed by atoms with Gasteiger partial charge in [-0.2, -0.15) is 5.26 Å². The molecule has 0 saturated heterocycles. The lowest BCUT2D eigenvalue weighted by Gasteiger charge is -2.05. The summed E-state index contributed by atoms with van der Waals surface area (Å²) in [6, 6.07) is 13.1. The van der Waals surface area contributed by atoms with E-state index in [2.05, 4.69) is 0 Å². The number of rotatable bonds is 1. The van der Waals surface area contributed by atoms with Gasteiger partial charge in [0.25, 0.3) is 0 Å². The minimum absolute atomic E-state index is 0.364. The topological polar surface area (TPSA) is 49.8 Å². The van der Waals surface area contributed by atoms with E-state index in [9.17, 15) is 4.39 Å². The van der Waals surface area contributed by atoms with Crippen LogP contribution in [-0.2, 0) is 0 Å². The molecular weight excluding hydrogens is 203 g/mol. The standard InChI is InChI=1S/C13H9FN2/c14-11-5-4-10(8-15)13(7-11)9-2-1-3-12(16)6-9/h1-7H,16H2. The number of anilines is 1. The minimum atomic E-state index is -0.364. The van der Waals surface area contributed by atoms with Crippen molar-refractivity contribution in [3.63, 3.8) is 0 Å². The number of nitrogens with zero attached hydrogens (tertiary/aromatic N) is 1. The molecule has 0 amide bonds. The molecule has 0 aliphatic carbocycles. The minimum Gasteiger partial charge on any atom is -0.399 e. The predicted molar refractivity (Wildman–Crippen MR) is 61.0 cm³/mol. The number of nitriles is 1. The van der Waals surface area contributed by atoms with E-state index < -0.39 is 0 Å². The molecule has 0 bridgehead atoms. The number of hydrogen-bond donors (Lipinski definition) is 1. The highest BCUT2D eigenvalue weighted by Crippen LogP contribution is 2.25. The molecule has 2 aromatic carbocycles. The van der Waals surface area contributed by atoms with E-state index in [1.165, 1.54) is 18.2 Å². The summed E-state index contributed by atoms with van der Waals surface area (Å²) in [6.45, 7) is 0. The first kappa shape index (κ1) is 10.2. The van der Waals surface area contributed by atoms with E-state index in [1.807, 2.05) is 6.07 Å². The Hall–Kier alpha value is -2.34. The quantitative estimate of drug-likeness (QED) is 0.739. The lowest BCUT2D eigenvalue weighted by Crippen LogP contribution is -1.89. The average molecular weight is 212 g/mol. The third-order valence-corrected chi connectivity index (χ3v) is 2.30. The molecule has 2 aromatic rings. The van der Waals surface area contributed by atoms with Crippen LogP contribution in [0.5, 0.6) is 0 Å². The second-order valence-electron chi connectivity index (χ2n) is 3.43. The predicted octanol–water partition coefficient (Wildman–Crippen LogP) is 2.95. The molecule has 0 unspecified atom stereocenters. The Morgan fingerprint density at radius 3 is 2.62 bits per heavy atom. The number of halogens is 1. The summed E-state index contributed by atoms with van der Waals surface area (Å²) in [7, 11) is 0. The Bertz CT molecular complexity index is 570. The third kappa shape index (κ3) is 1.86. The van der Waals surface area contributed by atoms with Gasteiger partial charge in [0, 0.05) is 11.3 Å². The fourth-order valence-electron chi connectivity index (χ4n) is 1.56. The first-order chi connectivity index (χ1) is 7.70. The lowest BCUT2D eigenvalue weighted by molar-refractivity contribution is 0.628. The molecule has 0 saturated carbocycles. The molecule has 78 valence electrons. The number of nitrogen functional groups attached to an aromatic ring is 1. The van der Waals surface area contributed by atoms with Crippen LogP contribution in [0.15, 0.2) is 42.5 Å². The maximum absolute atomic E-state index is 13.1. The van der Waals surface area contributed by atoms with Gasteiger partial charge in [0.15, 0.2) is 0 Å². The van der Waals surface area contributed by atoms with Crippen molar-refractivity contribution in [3.8, 4) is 17.2 Å². The second-order valence-corrected chi connectivity index (χ2v) is 3.43. The van der Waals surface area contributed by atoms with Gasteiger partial charge in [-0.3, -0.25) is 0 Å². The van der Waals surface area contributed by atoms with Gasteiger partial charge in [0.2, 0.25) is 0 Å². The summed E-state index contributed by atoms with van der Waals surface area (Å²) in [5.74, 6) is -0.364. The largest absolute Gasteiger partial charge is 0.399 e. The Labute approximate surface area is 92.8 Å². The maximum atomic E-state index is 13.1. The molecule has 0 fully saturated rings. The fourth-order valence-corrected chi connectivity index (χ4v) is 1.56. The van der Waals surface area contributed by atoms with Gasteiger partial charge in [-0.1, -0.05) is 12.1 Å². The number of nitrogens with two attached hydrogens (primary N) is 1. The summed E-state index contributed by atoms with van der Waals surface area (Å²) in [4.78, 5) is 0. The molecule has 0 aliphatic rings. The smallest absolute Gasteiger partial charge is 0.123 e. The highest BCUT2D eigenvalue weighted by molar-refractivity contribution is 5.72. The molecule has 0 aromatic heterocycles. The molecule has 0 radical (unpaired) electrons. The molecule has 0 heterocycles. The molecule has 2 N–H and O–H groups in total. The van der Waals surface area contributed by atoms with Crippen molar-refractivity contribution in [1.82, 2.24) is 0 Å². The third-order valence-electron chi connectivity index (χ3n) is 2.30. The monoisotopic (exact) mass is 212 g/mol. The first-order valence-electron chi connectivity index (χ1n) is 4.76. The Balaban J connectivity index is 2.64. The van der Waals surface area contributed by atoms with Gasteiger partial charge in [-0.25, -0.2) is 4.39 Å². The molecule has 0 spiro atoms. The van der Waals surface area contributed by atoms with E-state index >= 15 is 0 Å². The van der Waals surface area contributed by atoms with Crippen LogP contribution >= 0.6 is 0 Å². The van der Waals surface area contributed by atoms with E-state index in [1.54, 1.807) is 24.3 Å². The maximum Gasteiger partial charge on any atom is 0.123 e. The molecule has 0 atom stereocenters. The van der Waals surface area contributed by atoms with Crippen LogP contribution in [0.3, 0.4) is 0 Å². The van der Waals surface area contributed by atoms with Crippen LogP contribution in [-0.4, -0.2) is 0 Å². The summed E-state index contributed by atoms with van der Waals surface area (Å²) in [6.07, 6.45) is 0. The summed E-state index contributed by atoms with van der Waals surface area (Å²) in [5, 5.41) is 8.94. The van der Waals surface area contributed by atoms with Gasteiger partial charge < -0.3 is 5.73 Å². The van der Waals surface area contributed by atoms with Crippen molar-refractivity contribution >= 4 is 5.69 Å². The summed E-state index contributed by atoms with van der Waals surface area (Å²) in [5.41, 5.74) is 7.99. The highest BCUT2D eigenvalue weighted by Gasteiger charge is 2.06. The van der Waals surface area contributed by atoms with Gasteiger partial charge >= 0.3 is 0 Å². The van der Waals surface area contributed by atoms with E-state index in [0.29, 0.717) is 16.8 Å². The zero-order valence-electron chi connectivity index (χ0n) is 8.44. The Morgan fingerprint density at radius 1 is 1.12 bits per heavy atom. The van der Waals surface area contributed by atoms with E-state index in [4.69, 9.17) is 11.0 Å². The van der Waals surface area contributed by atoms with Crippen LogP contribution in [0, 0.1) is 17.1 Å². The molecule has 0 aliphatic heterocycles. The van der Waals surface area contributed by atoms with Gasteiger partial charge in [-0.05, 0) is 35.9 Å². The van der Waals surface area contributed by atoms with Crippen LogP contribution in [0.25, 0.3) is 11.1 Å². The fraction of sp³-hybridized carbons (Fsp3) is 0. The van der Waals surface area contributed by atoms with Crippen LogP contribution in [0.4, 0.5) is 10.1 Å². The van der Waals surface area contributed by atoms with E-state index in [0.717, 1.165) is 5.56 Å². The van der Waals surface area contributed by atoms with Crippen LogP contribution < -0.4 is 5.73 Å². The lowest BCUT2D eigenvalue weighted by atomic mass is 10.00. The second kappa shape index (κ2) is 4.03. The molecule has 3 heteroatoms. The van der Waals surface area contributed by atoms with Gasteiger partial charge in [-0.15, -0.1) is 0 Å². The molecule has 16 heavy (non-hydrogen) atoms. The highest BCUT2D eigenvalue weighted by atomic mass is 19.1. The van der Waals surface area contributed by atoms with Crippen LogP contribution in [0.2, 0.25) is 0 Å². The Morgan fingerprint density at radius 2 is 1.94 bits per heavy atom. The van der Waals surface area contributed by atoms with Gasteiger partial charge in [0.1, 0.15) is 5.82 Å². The van der Waals surface area contributed by atoms with Crippen molar-refractivity contribution in [2.24, 2.45) is 0 Å². The zero-order valence-corrected chi connectivity index (χ0v) is 8.44. The summed E-state index contributed by atoms with van der Waals surface area (Å²) < 4.78 is 13.1. The van der Waals surface area contributed by atoms with E-state index in [-0.39, 0.29) is 5.82 Å². The van der Waals surface area contributed by atoms with Crippen molar-refractivity contribution in [2.75, 3.05) is 5.73 Å². The normalized spacial score (nSPS) is 9.75. The van der Waals surface area contributed by atoms with Crippen molar-refractivity contribution < 1.29 is 4.39 Å². The van der Waals surface area contributed by atoms with Crippen molar-refractivity contribution in [1.29, 1.82) is 5.26 Å². The first-order valence-corrected chi connectivity index (χ1v) is 4.76. The summed E-state index contributed by atoms with van der Waals surface area (Å²) >= 11 is 0. The van der Waals surface area contributed by atoms with Gasteiger partial charge in [0.05, 0.1) is 11.6 Å². The zero-order chi connectivity index (χ0) is 11.5. The van der Waals surface area contributed by atoms with Crippen molar-refractivity contribution in [3.05, 3.63) is 53.8 Å². The Kier molecular flexibility index (Phi) is 2.57. The van der Waals surface area contributed by atoms with Crippen LogP contribution in [0.1, 0.15) is 5.56 Å².